The van der Waals surface area contributed by atoms with E-state index in [1.165, 1.54) is 5.56 Å². The molecule has 0 aliphatic carbocycles. The summed E-state index contributed by atoms with van der Waals surface area (Å²) < 4.78 is 10.7. The highest BCUT2D eigenvalue weighted by atomic mass is 16.5. The van der Waals surface area contributed by atoms with Gasteiger partial charge in [-0.25, -0.2) is 0 Å². The predicted octanol–water partition coefficient (Wildman–Crippen LogP) is 2.66. The molecule has 6 nitrogen and oxygen atoms in total. The summed E-state index contributed by atoms with van der Waals surface area (Å²) >= 11 is 0. The van der Waals surface area contributed by atoms with E-state index in [9.17, 15) is 0 Å². The van der Waals surface area contributed by atoms with Crippen molar-refractivity contribution >= 4 is 5.96 Å². The third kappa shape index (κ3) is 5.37. The molecule has 0 saturated heterocycles. The highest BCUT2D eigenvalue weighted by Gasteiger charge is 2.09. The number of benzene rings is 1. The van der Waals surface area contributed by atoms with Gasteiger partial charge in [0.05, 0.1) is 26.5 Å². The van der Waals surface area contributed by atoms with E-state index in [1.807, 2.05) is 44.3 Å². The van der Waals surface area contributed by atoms with E-state index in [4.69, 9.17) is 9.47 Å². The number of aliphatic imine (C=N–C) groups is 1. The average molecular weight is 356 g/mol. The molecule has 26 heavy (non-hydrogen) atoms. The molecule has 0 aliphatic heterocycles. The summed E-state index contributed by atoms with van der Waals surface area (Å²) in [5.74, 6) is 2.34. The van der Waals surface area contributed by atoms with Crippen LogP contribution in [0.25, 0.3) is 0 Å². The Morgan fingerprint density at radius 1 is 1.15 bits per heavy atom. The molecule has 0 fully saturated rings. The Morgan fingerprint density at radius 2 is 1.92 bits per heavy atom. The van der Waals surface area contributed by atoms with Crippen LogP contribution < -0.4 is 14.8 Å². The van der Waals surface area contributed by atoms with Crippen LogP contribution >= 0.6 is 0 Å². The number of methoxy groups -OCH3 is 2. The number of ether oxygens (including phenoxy) is 2. The monoisotopic (exact) mass is 356 g/mol. The zero-order valence-corrected chi connectivity index (χ0v) is 16.2. The Morgan fingerprint density at radius 3 is 2.58 bits per heavy atom. The maximum Gasteiger partial charge on any atom is 0.193 e. The molecule has 0 atom stereocenters. The lowest BCUT2D eigenvalue weighted by Crippen LogP contribution is -2.39. The molecule has 6 heteroatoms. The zero-order valence-electron chi connectivity index (χ0n) is 16.2. The molecule has 0 amide bonds. The smallest absolute Gasteiger partial charge is 0.193 e. The minimum Gasteiger partial charge on any atom is -0.493 e. The fourth-order valence-corrected chi connectivity index (χ4v) is 2.69. The lowest BCUT2D eigenvalue weighted by Gasteiger charge is -2.22. The number of nitrogens with one attached hydrogen (secondary N) is 1. The van der Waals surface area contributed by atoms with Crippen molar-refractivity contribution in [1.82, 2.24) is 15.2 Å². The van der Waals surface area contributed by atoms with E-state index in [0.29, 0.717) is 6.54 Å². The minimum atomic E-state index is 0.648. The summed E-state index contributed by atoms with van der Waals surface area (Å²) in [4.78, 5) is 11.0. The lowest BCUT2D eigenvalue weighted by molar-refractivity contribution is 0.354. The molecular weight excluding hydrogens is 328 g/mol. The van der Waals surface area contributed by atoms with Crippen molar-refractivity contribution in [3.05, 3.63) is 53.3 Å². The molecule has 0 bridgehead atoms. The van der Waals surface area contributed by atoms with Gasteiger partial charge in [0.25, 0.3) is 0 Å². The van der Waals surface area contributed by atoms with Crippen LogP contribution in [0.3, 0.4) is 0 Å². The summed E-state index contributed by atoms with van der Waals surface area (Å²) in [5.41, 5.74) is 3.20. The van der Waals surface area contributed by atoms with E-state index in [-0.39, 0.29) is 0 Å². The molecule has 0 unspecified atom stereocenters. The normalized spacial score (nSPS) is 11.2. The molecular formula is C20H28N4O2. The molecule has 1 heterocycles. The van der Waals surface area contributed by atoms with Crippen LogP contribution in [0.15, 0.2) is 41.4 Å². The summed E-state index contributed by atoms with van der Waals surface area (Å²) in [7, 11) is 7.11. The number of guanidine groups is 1. The maximum atomic E-state index is 5.37. The Labute approximate surface area is 155 Å². The van der Waals surface area contributed by atoms with Gasteiger partial charge >= 0.3 is 0 Å². The van der Waals surface area contributed by atoms with Crippen LogP contribution in [0.2, 0.25) is 0 Å². The fraction of sp³-hybridized carbons (Fsp3) is 0.400. The molecule has 0 aliphatic rings. The van der Waals surface area contributed by atoms with Gasteiger partial charge in [0.1, 0.15) is 0 Å². The summed E-state index contributed by atoms with van der Waals surface area (Å²) in [6.45, 7) is 3.47. The standard InChI is InChI=1S/C20H28N4O2/c1-15-7-6-8-17(23-15)14-22-20(21-2)24(3)12-11-16-9-10-18(25-4)19(13-16)26-5/h6-10,13H,11-12,14H2,1-5H3,(H,21,22). The van der Waals surface area contributed by atoms with Gasteiger partial charge in [0, 0.05) is 26.3 Å². The van der Waals surface area contributed by atoms with Crippen molar-refractivity contribution in [3.63, 3.8) is 0 Å². The second kappa shape index (κ2) is 9.65. The zero-order chi connectivity index (χ0) is 18.9. The number of aryl methyl sites for hydroxylation is 1. The van der Waals surface area contributed by atoms with Crippen molar-refractivity contribution in [1.29, 1.82) is 0 Å². The van der Waals surface area contributed by atoms with Crippen molar-refractivity contribution < 1.29 is 9.47 Å². The molecule has 0 radical (unpaired) electrons. The quantitative estimate of drug-likeness (QED) is 0.610. The molecule has 1 aromatic heterocycles. The highest BCUT2D eigenvalue weighted by molar-refractivity contribution is 5.79. The van der Waals surface area contributed by atoms with Gasteiger partial charge in [-0.15, -0.1) is 0 Å². The second-order valence-electron chi connectivity index (χ2n) is 6.03. The molecule has 140 valence electrons. The van der Waals surface area contributed by atoms with Crippen LogP contribution in [0, 0.1) is 6.92 Å². The largest absolute Gasteiger partial charge is 0.493 e. The van der Waals surface area contributed by atoms with Gasteiger partial charge in [-0.2, -0.15) is 0 Å². The third-order valence-corrected chi connectivity index (χ3v) is 4.13. The van der Waals surface area contributed by atoms with Gasteiger partial charge in [-0.1, -0.05) is 12.1 Å². The summed E-state index contributed by atoms with van der Waals surface area (Å²) in [6, 6.07) is 12.0. The Bertz CT molecular complexity index is 746. The molecule has 2 aromatic rings. The Balaban J connectivity index is 1.91. The van der Waals surface area contributed by atoms with Gasteiger partial charge < -0.3 is 19.7 Å². The first-order valence-corrected chi connectivity index (χ1v) is 8.62. The van der Waals surface area contributed by atoms with E-state index in [1.54, 1.807) is 21.3 Å². The first kappa shape index (κ1) is 19.6. The topological polar surface area (TPSA) is 59.0 Å². The molecule has 0 spiro atoms. The van der Waals surface area contributed by atoms with Crippen molar-refractivity contribution in [2.75, 3.05) is 34.9 Å². The first-order chi connectivity index (χ1) is 12.6. The van der Waals surface area contributed by atoms with E-state index < -0.39 is 0 Å². The molecule has 2 rings (SSSR count). The third-order valence-electron chi connectivity index (χ3n) is 4.13. The van der Waals surface area contributed by atoms with Crippen LogP contribution in [0.5, 0.6) is 11.5 Å². The number of rotatable bonds is 7. The second-order valence-corrected chi connectivity index (χ2v) is 6.03. The van der Waals surface area contributed by atoms with Gasteiger partial charge in [0.15, 0.2) is 17.5 Å². The van der Waals surface area contributed by atoms with Crippen molar-refractivity contribution in [2.24, 2.45) is 4.99 Å². The van der Waals surface area contributed by atoms with E-state index >= 15 is 0 Å². The number of pyridine rings is 1. The maximum absolute atomic E-state index is 5.37. The predicted molar refractivity (Wildman–Crippen MR) is 105 cm³/mol. The van der Waals surface area contributed by atoms with Crippen LogP contribution in [-0.2, 0) is 13.0 Å². The molecule has 1 N–H and O–H groups in total. The first-order valence-electron chi connectivity index (χ1n) is 8.62. The SMILES string of the molecule is CN=C(NCc1cccc(C)n1)N(C)CCc1ccc(OC)c(OC)c1. The van der Waals surface area contributed by atoms with E-state index in [0.717, 1.165) is 41.8 Å². The Kier molecular flexibility index (Phi) is 7.26. The number of hydrogen-bond acceptors (Lipinski definition) is 4. The number of nitrogens with zero attached hydrogens (tertiary/aromatic N) is 3. The van der Waals surface area contributed by atoms with Crippen molar-refractivity contribution in [2.45, 2.75) is 19.9 Å². The van der Waals surface area contributed by atoms with Crippen LogP contribution in [-0.4, -0.2) is 50.7 Å². The van der Waals surface area contributed by atoms with Gasteiger partial charge in [-0.3, -0.25) is 9.98 Å². The number of aromatic nitrogens is 1. The van der Waals surface area contributed by atoms with Crippen LogP contribution in [0.1, 0.15) is 17.0 Å². The van der Waals surface area contributed by atoms with Crippen LogP contribution in [0.4, 0.5) is 0 Å². The van der Waals surface area contributed by atoms with E-state index in [2.05, 4.69) is 26.3 Å². The summed E-state index contributed by atoms with van der Waals surface area (Å²) in [6.07, 6.45) is 0.875. The molecule has 1 aromatic carbocycles. The lowest BCUT2D eigenvalue weighted by atomic mass is 10.1. The number of hydrogen-bond donors (Lipinski definition) is 1. The Hall–Kier alpha value is -2.76. The van der Waals surface area contributed by atoms with Gasteiger partial charge in [0.2, 0.25) is 0 Å². The summed E-state index contributed by atoms with van der Waals surface area (Å²) in [5, 5.41) is 3.36. The minimum absolute atomic E-state index is 0.648. The molecule has 0 saturated carbocycles. The highest BCUT2D eigenvalue weighted by Crippen LogP contribution is 2.27. The fourth-order valence-electron chi connectivity index (χ4n) is 2.69. The van der Waals surface area contributed by atoms with Gasteiger partial charge in [-0.05, 0) is 43.2 Å². The average Bonchev–Trinajstić information content (AvgIpc) is 2.66. The van der Waals surface area contributed by atoms with Crippen molar-refractivity contribution in [3.8, 4) is 11.5 Å². The number of likely N-dealkylation sites (N-methyl/N-ethyl adjacent to an activating group) is 1.